The van der Waals surface area contributed by atoms with E-state index in [1.54, 1.807) is 0 Å². The maximum absolute atomic E-state index is 11.2. The molecule has 0 aromatic rings. The summed E-state index contributed by atoms with van der Waals surface area (Å²) in [6, 6.07) is 0.736. The van der Waals surface area contributed by atoms with Gasteiger partial charge in [-0.3, -0.25) is 9.89 Å². The molecule has 0 spiro atoms. The number of nitrogens with zero attached hydrogens (tertiary/aromatic N) is 2. The monoisotopic (exact) mass is 346 g/mol. The molecule has 1 fully saturated rings. The quantitative estimate of drug-likeness (QED) is 0.511. The minimum absolute atomic E-state index is 0.0800. The van der Waals surface area contributed by atoms with Crippen molar-refractivity contribution in [1.29, 1.82) is 0 Å². The van der Waals surface area contributed by atoms with Crippen LogP contribution in [0.5, 0.6) is 0 Å². The third kappa shape index (κ3) is 9.15. The molecule has 23 heavy (non-hydrogen) atoms. The molecule has 0 aromatic carbocycles. The summed E-state index contributed by atoms with van der Waals surface area (Å²) in [5.41, 5.74) is 0. The van der Waals surface area contributed by atoms with E-state index in [4.69, 9.17) is 0 Å². The second-order valence-electron chi connectivity index (χ2n) is 6.61. The minimum atomic E-state index is -2.91. The molecule has 0 saturated carbocycles. The molecular formula is C16H34N4O2S. The summed E-state index contributed by atoms with van der Waals surface area (Å²) in [6.45, 7) is 10.0. The van der Waals surface area contributed by atoms with Gasteiger partial charge in [0.15, 0.2) is 5.96 Å². The fraction of sp³-hybridized carbons (Fsp3) is 0.938. The fourth-order valence-corrected chi connectivity index (χ4v) is 3.58. The molecule has 1 aliphatic heterocycles. The van der Waals surface area contributed by atoms with E-state index in [0.717, 1.165) is 25.6 Å². The Kier molecular flexibility index (Phi) is 8.91. The summed E-state index contributed by atoms with van der Waals surface area (Å²) in [7, 11) is -2.91. The minimum Gasteiger partial charge on any atom is -0.357 e. The van der Waals surface area contributed by atoms with Crippen molar-refractivity contribution in [1.82, 2.24) is 15.5 Å². The molecule has 2 atom stereocenters. The van der Waals surface area contributed by atoms with Gasteiger partial charge >= 0.3 is 0 Å². The number of sulfone groups is 1. The van der Waals surface area contributed by atoms with Crippen molar-refractivity contribution in [3.8, 4) is 0 Å². The molecule has 6 nitrogen and oxygen atoms in total. The molecular weight excluding hydrogens is 312 g/mol. The summed E-state index contributed by atoms with van der Waals surface area (Å²) >= 11 is 0. The topological polar surface area (TPSA) is 73.8 Å². The lowest BCUT2D eigenvalue weighted by Gasteiger charge is -2.32. The smallest absolute Gasteiger partial charge is 0.191 e. The van der Waals surface area contributed by atoms with Gasteiger partial charge in [-0.15, -0.1) is 0 Å². The van der Waals surface area contributed by atoms with Crippen LogP contribution in [0.25, 0.3) is 0 Å². The lowest BCUT2D eigenvalue weighted by atomic mass is 10.0. The first-order chi connectivity index (χ1) is 10.8. The van der Waals surface area contributed by atoms with Gasteiger partial charge in [-0.2, -0.15) is 0 Å². The van der Waals surface area contributed by atoms with E-state index in [0.29, 0.717) is 12.5 Å². The fourth-order valence-electron chi connectivity index (χ4n) is 2.80. The van der Waals surface area contributed by atoms with Crippen molar-refractivity contribution in [2.45, 2.75) is 58.5 Å². The highest BCUT2D eigenvalue weighted by Gasteiger charge is 2.17. The maximum Gasteiger partial charge on any atom is 0.191 e. The van der Waals surface area contributed by atoms with Gasteiger partial charge in [0.25, 0.3) is 0 Å². The SMILES string of the molecule is CCNC(=NCCN1CCCCC1C)NC(C)CCS(C)(=O)=O. The van der Waals surface area contributed by atoms with E-state index in [9.17, 15) is 8.42 Å². The van der Waals surface area contributed by atoms with Crippen LogP contribution in [0.15, 0.2) is 4.99 Å². The van der Waals surface area contributed by atoms with Crippen molar-refractivity contribution in [2.24, 2.45) is 4.99 Å². The second kappa shape index (κ2) is 10.1. The number of hydrogen-bond acceptors (Lipinski definition) is 4. The molecule has 2 N–H and O–H groups in total. The number of rotatable bonds is 8. The third-order valence-corrected chi connectivity index (χ3v) is 5.22. The summed E-state index contributed by atoms with van der Waals surface area (Å²) in [5.74, 6) is 0.976. The Morgan fingerprint density at radius 1 is 1.39 bits per heavy atom. The van der Waals surface area contributed by atoms with Crippen molar-refractivity contribution in [3.63, 3.8) is 0 Å². The second-order valence-corrected chi connectivity index (χ2v) is 8.87. The first-order valence-electron chi connectivity index (χ1n) is 8.78. The Labute approximate surface area is 142 Å². The molecule has 0 bridgehead atoms. The van der Waals surface area contributed by atoms with Crippen molar-refractivity contribution < 1.29 is 8.42 Å². The van der Waals surface area contributed by atoms with Gasteiger partial charge in [-0.1, -0.05) is 6.42 Å². The average Bonchev–Trinajstić information content (AvgIpc) is 2.46. The lowest BCUT2D eigenvalue weighted by molar-refractivity contribution is 0.166. The highest BCUT2D eigenvalue weighted by molar-refractivity contribution is 7.90. The Morgan fingerprint density at radius 2 is 2.13 bits per heavy atom. The van der Waals surface area contributed by atoms with E-state index in [1.807, 2.05) is 13.8 Å². The van der Waals surface area contributed by atoms with Crippen LogP contribution in [-0.2, 0) is 9.84 Å². The van der Waals surface area contributed by atoms with E-state index < -0.39 is 9.84 Å². The number of guanidine groups is 1. The van der Waals surface area contributed by atoms with Gasteiger partial charge in [0, 0.05) is 31.4 Å². The van der Waals surface area contributed by atoms with Crippen LogP contribution in [0, 0.1) is 0 Å². The van der Waals surface area contributed by atoms with Crippen LogP contribution < -0.4 is 10.6 Å². The van der Waals surface area contributed by atoms with E-state index >= 15 is 0 Å². The zero-order chi connectivity index (χ0) is 17.3. The Bertz CT molecular complexity index is 465. The van der Waals surface area contributed by atoms with E-state index in [2.05, 4.69) is 27.4 Å². The summed E-state index contributed by atoms with van der Waals surface area (Å²) in [6.07, 6.45) is 5.77. The zero-order valence-corrected chi connectivity index (χ0v) is 16.0. The van der Waals surface area contributed by atoms with Gasteiger partial charge < -0.3 is 10.6 Å². The highest BCUT2D eigenvalue weighted by atomic mass is 32.2. The number of aliphatic imine (C=N–C) groups is 1. The normalized spacial score (nSPS) is 21.9. The van der Waals surface area contributed by atoms with E-state index in [-0.39, 0.29) is 11.8 Å². The van der Waals surface area contributed by atoms with Gasteiger partial charge in [0.05, 0.1) is 12.3 Å². The number of piperidine rings is 1. The van der Waals surface area contributed by atoms with Crippen molar-refractivity contribution in [2.75, 3.05) is 38.2 Å². The first-order valence-corrected chi connectivity index (χ1v) is 10.8. The van der Waals surface area contributed by atoms with Crippen LogP contribution in [-0.4, -0.2) is 69.5 Å². The van der Waals surface area contributed by atoms with Gasteiger partial charge in [-0.05, 0) is 46.6 Å². The molecule has 1 heterocycles. The molecule has 2 unspecified atom stereocenters. The number of likely N-dealkylation sites (tertiary alicyclic amines) is 1. The number of nitrogens with one attached hydrogen (secondary N) is 2. The van der Waals surface area contributed by atoms with Crippen LogP contribution in [0.2, 0.25) is 0 Å². The molecule has 1 rings (SSSR count). The molecule has 0 aliphatic carbocycles. The Balaban J connectivity index is 2.42. The Hall–Kier alpha value is -0.820. The maximum atomic E-state index is 11.2. The molecule has 0 radical (unpaired) electrons. The predicted octanol–water partition coefficient (Wildman–Crippen LogP) is 1.24. The standard InChI is InChI=1S/C16H34N4O2S/c1-5-17-16(19-14(2)9-13-23(4,21)22)18-10-12-20-11-7-6-8-15(20)3/h14-15H,5-13H2,1-4H3,(H2,17,18,19). The van der Waals surface area contributed by atoms with Crippen molar-refractivity contribution in [3.05, 3.63) is 0 Å². The molecule has 1 aliphatic rings. The van der Waals surface area contributed by atoms with Crippen LogP contribution in [0.3, 0.4) is 0 Å². The summed E-state index contributed by atoms with van der Waals surface area (Å²) in [4.78, 5) is 7.13. The number of hydrogen-bond donors (Lipinski definition) is 2. The molecule has 0 amide bonds. The summed E-state index contributed by atoms with van der Waals surface area (Å²) < 4.78 is 22.5. The molecule has 0 aromatic heterocycles. The molecule has 136 valence electrons. The summed E-state index contributed by atoms with van der Waals surface area (Å²) in [5, 5.41) is 6.53. The Morgan fingerprint density at radius 3 is 2.74 bits per heavy atom. The van der Waals surface area contributed by atoms with Gasteiger partial charge in [0.1, 0.15) is 9.84 Å². The van der Waals surface area contributed by atoms with Crippen LogP contribution in [0.4, 0.5) is 0 Å². The van der Waals surface area contributed by atoms with E-state index in [1.165, 1.54) is 32.1 Å². The van der Waals surface area contributed by atoms with Gasteiger partial charge in [-0.25, -0.2) is 8.42 Å². The van der Waals surface area contributed by atoms with Crippen molar-refractivity contribution >= 4 is 15.8 Å². The lowest BCUT2D eigenvalue weighted by Crippen LogP contribution is -2.44. The highest BCUT2D eigenvalue weighted by Crippen LogP contribution is 2.15. The largest absolute Gasteiger partial charge is 0.357 e. The average molecular weight is 347 g/mol. The van der Waals surface area contributed by atoms with Crippen LogP contribution >= 0.6 is 0 Å². The molecule has 7 heteroatoms. The molecule has 1 saturated heterocycles. The van der Waals surface area contributed by atoms with Crippen LogP contribution in [0.1, 0.15) is 46.5 Å². The van der Waals surface area contributed by atoms with Gasteiger partial charge in [0.2, 0.25) is 0 Å². The third-order valence-electron chi connectivity index (χ3n) is 4.25. The zero-order valence-electron chi connectivity index (χ0n) is 15.1. The predicted molar refractivity (Wildman–Crippen MR) is 97.8 cm³/mol. The first kappa shape index (κ1) is 20.2.